The van der Waals surface area contributed by atoms with Crippen molar-refractivity contribution >= 4 is 43.6 Å². The SMILES string of the molecule is CC(C)(C)c1ccc2c3cc4nc(cc5[nH]c(cc6nc(cc([nH]3)c2c1)-c1ccccc1-6)c1ccccc51)-c1ccccc1-4. The molecule has 3 aromatic heterocycles. The molecule has 4 heteroatoms. The zero-order valence-corrected chi connectivity index (χ0v) is 24.9. The van der Waals surface area contributed by atoms with Crippen molar-refractivity contribution in [1.29, 1.82) is 0 Å². The van der Waals surface area contributed by atoms with Gasteiger partial charge in [0.05, 0.1) is 22.8 Å². The van der Waals surface area contributed by atoms with Gasteiger partial charge < -0.3 is 9.97 Å². The number of fused-ring (bicyclic) bond motifs is 20. The van der Waals surface area contributed by atoms with Crippen LogP contribution >= 0.6 is 0 Å². The lowest BCUT2D eigenvalue weighted by molar-refractivity contribution is 0.591. The number of hydrogen-bond donors (Lipinski definition) is 2. The Morgan fingerprint density at radius 3 is 1.18 bits per heavy atom. The van der Waals surface area contributed by atoms with Gasteiger partial charge in [0.25, 0.3) is 0 Å². The molecular weight excluding hydrogens is 536 g/mol. The van der Waals surface area contributed by atoms with Crippen molar-refractivity contribution in [2.45, 2.75) is 26.2 Å². The maximum Gasteiger partial charge on any atom is 0.0737 e. The first-order valence-corrected chi connectivity index (χ1v) is 15.2. The number of hydrogen-bond acceptors (Lipinski definition) is 2. The maximum absolute atomic E-state index is 5.24. The molecule has 0 amide bonds. The van der Waals surface area contributed by atoms with Crippen molar-refractivity contribution < 1.29 is 0 Å². The van der Waals surface area contributed by atoms with E-state index in [0.29, 0.717) is 0 Å². The Morgan fingerprint density at radius 1 is 0.409 bits per heavy atom. The average Bonchev–Trinajstić information content (AvgIpc) is 3.76. The number of aromatic nitrogens is 4. The second-order valence-electron chi connectivity index (χ2n) is 12.9. The van der Waals surface area contributed by atoms with Gasteiger partial charge in [-0.1, -0.05) is 106 Å². The monoisotopic (exact) mass is 566 g/mol. The van der Waals surface area contributed by atoms with Crippen LogP contribution in [-0.2, 0) is 5.41 Å². The second kappa shape index (κ2) is 9.01. The Balaban J connectivity index is 1.49. The van der Waals surface area contributed by atoms with Gasteiger partial charge in [-0.25, -0.2) is 9.97 Å². The molecular formula is C40H30N4. The van der Waals surface area contributed by atoms with Crippen LogP contribution in [-0.4, -0.2) is 19.9 Å². The van der Waals surface area contributed by atoms with Crippen LogP contribution in [0.4, 0.5) is 0 Å². The number of nitrogens with zero attached hydrogens (tertiary/aromatic N) is 2. The van der Waals surface area contributed by atoms with Crippen molar-refractivity contribution in [2.24, 2.45) is 0 Å². The molecule has 0 fully saturated rings. The van der Waals surface area contributed by atoms with Gasteiger partial charge in [-0.3, -0.25) is 0 Å². The molecule has 0 unspecified atom stereocenters. The Morgan fingerprint density at radius 2 is 0.773 bits per heavy atom. The molecule has 0 saturated heterocycles. The fraction of sp³-hybridized carbons (Fsp3) is 0.100. The lowest BCUT2D eigenvalue weighted by Gasteiger charge is -2.18. The average molecular weight is 567 g/mol. The summed E-state index contributed by atoms with van der Waals surface area (Å²) in [6.45, 7) is 6.79. The highest BCUT2D eigenvalue weighted by atomic mass is 14.8. The van der Waals surface area contributed by atoms with E-state index in [-0.39, 0.29) is 5.41 Å². The lowest BCUT2D eigenvalue weighted by Crippen LogP contribution is -2.10. The van der Waals surface area contributed by atoms with Gasteiger partial charge in [0.15, 0.2) is 0 Å². The molecule has 210 valence electrons. The molecule has 0 spiro atoms. The maximum atomic E-state index is 5.24. The van der Waals surface area contributed by atoms with Crippen LogP contribution < -0.4 is 0 Å². The Bertz CT molecular complexity index is 2480. The van der Waals surface area contributed by atoms with Gasteiger partial charge in [0.2, 0.25) is 0 Å². The van der Waals surface area contributed by atoms with E-state index in [1.54, 1.807) is 0 Å². The van der Waals surface area contributed by atoms with Crippen LogP contribution in [0.3, 0.4) is 0 Å². The summed E-state index contributed by atoms with van der Waals surface area (Å²) in [6, 6.07) is 41.2. The molecule has 5 heterocycles. The number of rotatable bonds is 0. The van der Waals surface area contributed by atoms with E-state index < -0.39 is 0 Å². The molecule has 2 aliphatic heterocycles. The van der Waals surface area contributed by atoms with Crippen LogP contribution in [0.2, 0.25) is 0 Å². The largest absolute Gasteiger partial charge is 0.354 e. The molecule has 0 radical (unpaired) electrons. The predicted molar refractivity (Wildman–Crippen MR) is 184 cm³/mol. The highest BCUT2D eigenvalue weighted by Crippen LogP contribution is 2.40. The second-order valence-corrected chi connectivity index (χ2v) is 12.9. The first kappa shape index (κ1) is 25.1. The van der Waals surface area contributed by atoms with Gasteiger partial charge >= 0.3 is 0 Å². The summed E-state index contributed by atoms with van der Waals surface area (Å²) in [5.74, 6) is 0. The van der Waals surface area contributed by atoms with Crippen molar-refractivity contribution in [2.75, 3.05) is 0 Å². The number of benzene rings is 4. The number of H-pyrrole nitrogens is 2. The van der Waals surface area contributed by atoms with E-state index in [0.717, 1.165) is 77.9 Å². The van der Waals surface area contributed by atoms with Crippen molar-refractivity contribution in [3.8, 4) is 45.0 Å². The molecule has 4 nitrogen and oxygen atoms in total. The fourth-order valence-electron chi connectivity index (χ4n) is 6.78. The normalized spacial score (nSPS) is 12.4. The van der Waals surface area contributed by atoms with Crippen LogP contribution in [0.25, 0.3) is 88.6 Å². The van der Waals surface area contributed by atoms with Crippen molar-refractivity contribution in [3.05, 3.63) is 121 Å². The third-order valence-electron chi connectivity index (χ3n) is 9.08. The van der Waals surface area contributed by atoms with E-state index in [4.69, 9.17) is 9.97 Å². The van der Waals surface area contributed by atoms with Crippen LogP contribution in [0.5, 0.6) is 0 Å². The third kappa shape index (κ3) is 3.77. The zero-order valence-electron chi connectivity index (χ0n) is 24.9. The van der Waals surface area contributed by atoms with E-state index in [9.17, 15) is 0 Å². The molecule has 8 bridgehead atoms. The molecule has 2 aliphatic rings. The zero-order chi connectivity index (χ0) is 29.6. The summed E-state index contributed by atoms with van der Waals surface area (Å²) in [4.78, 5) is 18.0. The standard InChI is InChI=1S/C40H30N4/c1-40(2,3)23-16-17-30-31(18-23)39-22-37-29-15-9-8-14-28(29)35(43-37)20-33-25-11-5-4-10-24(25)32(41-33)19-34-26-12-6-7-13-27(26)36(42-34)21-38(30)44-39/h4-22,41,44H,1-3H3. The topological polar surface area (TPSA) is 57.4 Å². The lowest BCUT2D eigenvalue weighted by atomic mass is 9.86. The summed E-state index contributed by atoms with van der Waals surface area (Å²) in [5.41, 5.74) is 13.9. The smallest absolute Gasteiger partial charge is 0.0737 e. The van der Waals surface area contributed by atoms with E-state index in [2.05, 4.69) is 146 Å². The Hall–Kier alpha value is -5.48. The van der Waals surface area contributed by atoms with Crippen molar-refractivity contribution in [3.63, 3.8) is 0 Å². The summed E-state index contributed by atoms with van der Waals surface area (Å²) in [5, 5.41) is 4.69. The number of nitrogens with one attached hydrogen (secondary N) is 2. The van der Waals surface area contributed by atoms with Crippen LogP contribution in [0.15, 0.2) is 115 Å². The van der Waals surface area contributed by atoms with Crippen molar-refractivity contribution in [1.82, 2.24) is 19.9 Å². The minimum atomic E-state index is 0.0287. The molecule has 0 atom stereocenters. The predicted octanol–water partition coefficient (Wildman–Crippen LogP) is 10.6. The number of aromatic amines is 2. The van der Waals surface area contributed by atoms with E-state index in [1.807, 2.05) is 0 Å². The summed E-state index contributed by atoms with van der Waals surface area (Å²) in [7, 11) is 0. The quantitative estimate of drug-likeness (QED) is 0.192. The first-order valence-electron chi connectivity index (χ1n) is 15.2. The summed E-state index contributed by atoms with van der Waals surface area (Å²) < 4.78 is 0. The summed E-state index contributed by atoms with van der Waals surface area (Å²) >= 11 is 0. The highest BCUT2D eigenvalue weighted by Gasteiger charge is 2.20. The molecule has 4 aromatic carbocycles. The third-order valence-corrected chi connectivity index (χ3v) is 9.08. The molecule has 2 N–H and O–H groups in total. The fourth-order valence-corrected chi connectivity index (χ4v) is 6.78. The van der Waals surface area contributed by atoms with Crippen LogP contribution in [0.1, 0.15) is 26.3 Å². The summed E-state index contributed by atoms with van der Waals surface area (Å²) in [6.07, 6.45) is 0. The Labute approximate surface area is 255 Å². The minimum absolute atomic E-state index is 0.0287. The van der Waals surface area contributed by atoms with Crippen LogP contribution in [0, 0.1) is 0 Å². The Kier molecular flexibility index (Phi) is 5.13. The van der Waals surface area contributed by atoms with E-state index >= 15 is 0 Å². The van der Waals surface area contributed by atoms with E-state index in [1.165, 1.54) is 16.3 Å². The molecule has 9 rings (SSSR count). The molecule has 0 aliphatic carbocycles. The van der Waals surface area contributed by atoms with Gasteiger partial charge in [0.1, 0.15) is 0 Å². The minimum Gasteiger partial charge on any atom is -0.354 e. The van der Waals surface area contributed by atoms with Gasteiger partial charge in [-0.15, -0.1) is 0 Å². The van der Waals surface area contributed by atoms with Gasteiger partial charge in [-0.2, -0.15) is 0 Å². The van der Waals surface area contributed by atoms with Gasteiger partial charge in [0, 0.05) is 65.9 Å². The molecule has 44 heavy (non-hydrogen) atoms. The molecule has 7 aromatic rings. The van der Waals surface area contributed by atoms with Gasteiger partial charge in [-0.05, 0) is 41.3 Å². The highest BCUT2D eigenvalue weighted by molar-refractivity contribution is 6.10. The first-order chi connectivity index (χ1) is 21.4. The molecule has 0 saturated carbocycles.